The van der Waals surface area contributed by atoms with Crippen molar-refractivity contribution in [1.29, 1.82) is 0 Å². The number of aryl methyl sites for hydroxylation is 1. The number of hydrogen-bond acceptors (Lipinski definition) is 2. The smallest absolute Gasteiger partial charge is 0.388 e. The summed E-state index contributed by atoms with van der Waals surface area (Å²) in [7, 11) is 0. The van der Waals surface area contributed by atoms with Crippen LogP contribution in [0, 0.1) is 13.1 Å². The Morgan fingerprint density at radius 1 is 1.43 bits per heavy atom. The zero-order valence-electron chi connectivity index (χ0n) is 7.18. The number of aromatic nitrogens is 2. The van der Waals surface area contributed by atoms with E-state index >= 15 is 0 Å². The van der Waals surface area contributed by atoms with E-state index in [-0.39, 0.29) is 11.4 Å². The van der Waals surface area contributed by atoms with Gasteiger partial charge in [-0.3, -0.25) is 0 Å². The summed E-state index contributed by atoms with van der Waals surface area (Å²) < 4.78 is 52.2. The number of halogens is 4. The second kappa shape index (κ2) is 4.30. The average molecular weight is 211 g/mol. The zero-order valence-corrected chi connectivity index (χ0v) is 7.18. The van der Waals surface area contributed by atoms with E-state index in [1.807, 2.05) is 0 Å². The van der Waals surface area contributed by atoms with E-state index in [0.717, 1.165) is 0 Å². The molecule has 0 fully saturated rings. The van der Waals surface area contributed by atoms with E-state index in [1.165, 1.54) is 6.92 Å². The number of alkyl halides is 4. The van der Waals surface area contributed by atoms with Crippen LogP contribution >= 0.6 is 0 Å². The van der Waals surface area contributed by atoms with Crippen molar-refractivity contribution in [2.75, 3.05) is 0 Å². The SMILES string of the molecule is Cc1[c]nn(CC(F)F)c1OC(F)F. The van der Waals surface area contributed by atoms with Gasteiger partial charge in [0.2, 0.25) is 5.88 Å². The molecule has 1 rings (SSSR count). The quantitative estimate of drug-likeness (QED) is 0.710. The van der Waals surface area contributed by atoms with Gasteiger partial charge < -0.3 is 4.74 Å². The fourth-order valence-corrected chi connectivity index (χ4v) is 0.910. The first-order valence-electron chi connectivity index (χ1n) is 3.68. The molecule has 0 aliphatic rings. The maximum Gasteiger partial charge on any atom is 0.388 e. The van der Waals surface area contributed by atoms with Gasteiger partial charge in [0.15, 0.2) is 0 Å². The van der Waals surface area contributed by atoms with Gasteiger partial charge >= 0.3 is 6.61 Å². The maximum atomic E-state index is 11.9. The minimum Gasteiger partial charge on any atom is -0.417 e. The molecule has 0 N–H and O–H groups in total. The molecule has 0 saturated heterocycles. The van der Waals surface area contributed by atoms with Crippen LogP contribution in [0.3, 0.4) is 0 Å². The lowest BCUT2D eigenvalue weighted by Crippen LogP contribution is -2.13. The van der Waals surface area contributed by atoms with Crippen molar-refractivity contribution < 1.29 is 22.3 Å². The second-order valence-electron chi connectivity index (χ2n) is 2.49. The summed E-state index contributed by atoms with van der Waals surface area (Å²) in [5, 5.41) is 3.36. The molecule has 79 valence electrons. The Bertz CT molecular complexity index is 300. The normalized spacial score (nSPS) is 11.4. The third-order valence-corrected chi connectivity index (χ3v) is 1.41. The second-order valence-corrected chi connectivity index (χ2v) is 2.49. The fourth-order valence-electron chi connectivity index (χ4n) is 0.910. The maximum absolute atomic E-state index is 11.9. The van der Waals surface area contributed by atoms with Gasteiger partial charge in [0.25, 0.3) is 6.43 Å². The Hall–Kier alpha value is -1.27. The molecule has 1 aromatic heterocycles. The predicted molar refractivity (Wildman–Crippen MR) is 38.4 cm³/mol. The van der Waals surface area contributed by atoms with E-state index in [0.29, 0.717) is 4.68 Å². The van der Waals surface area contributed by atoms with Crippen LogP contribution in [0.5, 0.6) is 5.88 Å². The summed E-state index contributed by atoms with van der Waals surface area (Å²) in [4.78, 5) is 0. The molecule has 7 heteroatoms. The van der Waals surface area contributed by atoms with E-state index in [9.17, 15) is 17.6 Å². The highest BCUT2D eigenvalue weighted by Crippen LogP contribution is 2.19. The third kappa shape index (κ3) is 2.61. The molecular formula is C7H7F4N2O. The first kappa shape index (κ1) is 10.8. The highest BCUT2D eigenvalue weighted by atomic mass is 19.3. The van der Waals surface area contributed by atoms with Crippen molar-refractivity contribution in [3.63, 3.8) is 0 Å². The van der Waals surface area contributed by atoms with Gasteiger partial charge in [-0.05, 0) is 6.92 Å². The molecule has 0 aromatic carbocycles. The van der Waals surface area contributed by atoms with Crippen LogP contribution in [0.25, 0.3) is 0 Å². The van der Waals surface area contributed by atoms with Crippen LogP contribution in [-0.2, 0) is 6.54 Å². The first-order valence-corrected chi connectivity index (χ1v) is 3.68. The molecule has 3 nitrogen and oxygen atoms in total. The van der Waals surface area contributed by atoms with E-state index in [1.54, 1.807) is 0 Å². The summed E-state index contributed by atoms with van der Waals surface area (Å²) >= 11 is 0. The number of ether oxygens (including phenoxy) is 1. The molecule has 1 radical (unpaired) electrons. The standard InChI is InChI=1S/C7H7F4N2O/c1-4-2-12-13(3-5(8)9)6(4)14-7(10)11/h5,7H,3H2,1H3. The highest BCUT2D eigenvalue weighted by molar-refractivity contribution is 5.21. The van der Waals surface area contributed by atoms with Gasteiger partial charge in [-0.1, -0.05) is 0 Å². The van der Waals surface area contributed by atoms with Gasteiger partial charge in [-0.15, -0.1) is 0 Å². The van der Waals surface area contributed by atoms with E-state index in [4.69, 9.17) is 0 Å². The van der Waals surface area contributed by atoms with Crippen LogP contribution < -0.4 is 4.74 Å². The lowest BCUT2D eigenvalue weighted by atomic mass is 10.4. The van der Waals surface area contributed by atoms with Crippen molar-refractivity contribution in [2.45, 2.75) is 26.5 Å². The number of nitrogens with zero attached hydrogens (tertiary/aromatic N) is 2. The predicted octanol–water partition coefficient (Wildman–Crippen LogP) is 1.86. The van der Waals surface area contributed by atoms with Gasteiger partial charge in [0, 0.05) is 5.56 Å². The molecular weight excluding hydrogens is 204 g/mol. The van der Waals surface area contributed by atoms with Crippen LogP contribution in [-0.4, -0.2) is 22.8 Å². The van der Waals surface area contributed by atoms with Crippen LogP contribution in [0.15, 0.2) is 0 Å². The molecule has 1 aromatic rings. The molecule has 0 atom stereocenters. The largest absolute Gasteiger partial charge is 0.417 e. The minimum absolute atomic E-state index is 0.172. The molecule has 0 aliphatic heterocycles. The van der Waals surface area contributed by atoms with Crippen LogP contribution in [0.2, 0.25) is 0 Å². The monoisotopic (exact) mass is 211 g/mol. The molecule has 0 saturated carbocycles. The third-order valence-electron chi connectivity index (χ3n) is 1.41. The highest BCUT2D eigenvalue weighted by Gasteiger charge is 2.16. The van der Waals surface area contributed by atoms with Gasteiger partial charge in [-0.2, -0.15) is 13.9 Å². The molecule has 1 heterocycles. The molecule has 0 aliphatic carbocycles. The minimum atomic E-state index is -3.06. The molecule has 0 bridgehead atoms. The van der Waals surface area contributed by atoms with E-state index in [2.05, 4.69) is 16.0 Å². The fraction of sp³-hybridized carbons (Fsp3) is 0.571. The number of rotatable bonds is 4. The van der Waals surface area contributed by atoms with Gasteiger partial charge in [0.1, 0.15) is 12.7 Å². The summed E-state index contributed by atoms with van der Waals surface area (Å²) in [6.07, 6.45) is -0.409. The van der Waals surface area contributed by atoms with E-state index < -0.39 is 19.6 Å². The van der Waals surface area contributed by atoms with Gasteiger partial charge in [-0.25, -0.2) is 13.5 Å². The average Bonchev–Trinajstić information content (AvgIpc) is 2.34. The Kier molecular flexibility index (Phi) is 3.32. The van der Waals surface area contributed by atoms with Crippen molar-refractivity contribution in [2.24, 2.45) is 0 Å². The molecule has 0 spiro atoms. The molecule has 0 unspecified atom stereocenters. The zero-order chi connectivity index (χ0) is 10.7. The lowest BCUT2D eigenvalue weighted by molar-refractivity contribution is -0.0577. The summed E-state index contributed by atoms with van der Waals surface area (Å²) in [6.45, 7) is -2.45. The van der Waals surface area contributed by atoms with Gasteiger partial charge in [0.05, 0.1) is 0 Å². The van der Waals surface area contributed by atoms with Crippen LogP contribution in [0.1, 0.15) is 5.56 Å². The topological polar surface area (TPSA) is 27.1 Å². The Morgan fingerprint density at radius 2 is 2.07 bits per heavy atom. The Morgan fingerprint density at radius 3 is 2.57 bits per heavy atom. The number of hydrogen-bond donors (Lipinski definition) is 0. The summed E-state index contributed by atoms with van der Waals surface area (Å²) in [5.74, 6) is -0.375. The van der Waals surface area contributed by atoms with Crippen LogP contribution in [0.4, 0.5) is 17.6 Å². The van der Waals surface area contributed by atoms with Crippen molar-refractivity contribution in [3.8, 4) is 5.88 Å². The molecule has 14 heavy (non-hydrogen) atoms. The van der Waals surface area contributed by atoms with Crippen molar-refractivity contribution >= 4 is 0 Å². The Labute approximate surface area is 77.3 Å². The first-order chi connectivity index (χ1) is 6.50. The van der Waals surface area contributed by atoms with Crippen molar-refractivity contribution in [3.05, 3.63) is 11.8 Å². The lowest BCUT2D eigenvalue weighted by Gasteiger charge is -2.08. The Balaban J connectivity index is 2.82. The van der Waals surface area contributed by atoms with Crippen molar-refractivity contribution in [1.82, 2.24) is 9.78 Å². The summed E-state index contributed by atoms with van der Waals surface area (Å²) in [6, 6.07) is 0. The summed E-state index contributed by atoms with van der Waals surface area (Å²) in [5.41, 5.74) is 0.172. The molecule has 0 amide bonds.